The Labute approximate surface area is 187 Å². The van der Waals surface area contributed by atoms with Crippen LogP contribution < -0.4 is 4.74 Å². The fourth-order valence-corrected chi connectivity index (χ4v) is 5.41. The van der Waals surface area contributed by atoms with E-state index < -0.39 is 5.97 Å². The first-order valence-corrected chi connectivity index (χ1v) is 11.2. The molecule has 2 fully saturated rings. The highest BCUT2D eigenvalue weighted by molar-refractivity contribution is 7.13. The average Bonchev–Trinajstić information content (AvgIpc) is 3.52. The normalized spacial score (nSPS) is 22.5. The molecule has 1 aliphatic heterocycles. The van der Waals surface area contributed by atoms with Crippen molar-refractivity contribution in [1.29, 1.82) is 0 Å². The second kappa shape index (κ2) is 7.97. The number of carbonyl (C=O) groups is 2. The first-order chi connectivity index (χ1) is 15.0. The molecule has 0 radical (unpaired) electrons. The molecular weight excluding hydrogens is 440 g/mol. The molecule has 1 N–H and O–H groups in total. The molecule has 0 bridgehead atoms. The van der Waals surface area contributed by atoms with Crippen molar-refractivity contribution in [3.63, 3.8) is 0 Å². The summed E-state index contributed by atoms with van der Waals surface area (Å²) in [6, 6.07) is 6.68. The summed E-state index contributed by atoms with van der Waals surface area (Å²) in [7, 11) is 0. The third-order valence-corrected chi connectivity index (χ3v) is 7.02. The highest BCUT2D eigenvalue weighted by Crippen LogP contribution is 2.41. The SMILES string of the molecule is O=C(O)c1ccn(C(=O)N2C[C@H]3C[C@H](Oc4ccc(Cl)c(-c5nccs5)c4)C[C@H]3C2)n1. The molecule has 3 atom stereocenters. The smallest absolute Gasteiger partial charge is 0.356 e. The molecule has 0 spiro atoms. The zero-order valence-corrected chi connectivity index (χ0v) is 17.9. The summed E-state index contributed by atoms with van der Waals surface area (Å²) < 4.78 is 7.35. The molecule has 1 saturated carbocycles. The van der Waals surface area contributed by atoms with Crippen LogP contribution in [0.15, 0.2) is 42.0 Å². The van der Waals surface area contributed by atoms with Gasteiger partial charge in [-0.3, -0.25) is 0 Å². The maximum atomic E-state index is 12.7. The van der Waals surface area contributed by atoms with Crippen LogP contribution in [0.1, 0.15) is 23.3 Å². The summed E-state index contributed by atoms with van der Waals surface area (Å²) in [5, 5.41) is 16.2. The van der Waals surface area contributed by atoms with Crippen molar-refractivity contribution in [3.05, 3.63) is 52.8 Å². The summed E-state index contributed by atoms with van der Waals surface area (Å²) in [6.07, 6.45) is 4.96. The van der Waals surface area contributed by atoms with E-state index in [1.54, 1.807) is 11.1 Å². The number of benzene rings is 1. The van der Waals surface area contributed by atoms with Crippen LogP contribution in [0.5, 0.6) is 5.75 Å². The van der Waals surface area contributed by atoms with Crippen LogP contribution >= 0.6 is 22.9 Å². The lowest BCUT2D eigenvalue weighted by Crippen LogP contribution is -2.34. The number of rotatable bonds is 4. The Balaban J connectivity index is 1.21. The van der Waals surface area contributed by atoms with Crippen LogP contribution in [0.4, 0.5) is 4.79 Å². The maximum absolute atomic E-state index is 12.7. The number of hydrogen-bond acceptors (Lipinski definition) is 6. The van der Waals surface area contributed by atoms with Crippen molar-refractivity contribution >= 4 is 34.9 Å². The van der Waals surface area contributed by atoms with Gasteiger partial charge in [0.2, 0.25) is 0 Å². The van der Waals surface area contributed by atoms with Crippen LogP contribution in [0.25, 0.3) is 10.6 Å². The molecule has 3 heterocycles. The number of fused-ring (bicyclic) bond motifs is 1. The summed E-state index contributed by atoms with van der Waals surface area (Å²) in [4.78, 5) is 29.7. The van der Waals surface area contributed by atoms with Crippen LogP contribution in [-0.2, 0) is 0 Å². The predicted molar refractivity (Wildman–Crippen MR) is 115 cm³/mol. The van der Waals surface area contributed by atoms with Gasteiger partial charge in [-0.25, -0.2) is 14.6 Å². The van der Waals surface area contributed by atoms with Gasteiger partial charge in [0.05, 0.1) is 11.1 Å². The molecule has 5 rings (SSSR count). The summed E-state index contributed by atoms with van der Waals surface area (Å²) in [6.45, 7) is 1.24. The quantitative estimate of drug-likeness (QED) is 0.631. The Morgan fingerprint density at radius 3 is 2.61 bits per heavy atom. The van der Waals surface area contributed by atoms with E-state index in [9.17, 15) is 9.59 Å². The summed E-state index contributed by atoms with van der Waals surface area (Å²) in [5.41, 5.74) is 0.727. The van der Waals surface area contributed by atoms with Gasteiger partial charge in [0.25, 0.3) is 0 Å². The second-order valence-corrected chi connectivity index (χ2v) is 9.15. The van der Waals surface area contributed by atoms with Crippen LogP contribution in [0, 0.1) is 11.8 Å². The Hall–Kier alpha value is -2.91. The standard InChI is InChI=1S/C21H19ClN4O4S/c22-17-2-1-14(9-16(17)19-23-4-6-31-19)30-15-7-12-10-25(11-13(12)8-15)21(29)26-5-3-18(24-26)20(27)28/h1-6,9,12-13,15H,7-8,10-11H2,(H,27,28)/t12-,13+,15+. The van der Waals surface area contributed by atoms with Gasteiger partial charge in [0.1, 0.15) is 10.8 Å². The number of halogens is 1. The Kier molecular flexibility index (Phi) is 5.15. The molecule has 10 heteroatoms. The number of likely N-dealkylation sites (tertiary alicyclic amines) is 1. The van der Waals surface area contributed by atoms with Gasteiger partial charge in [-0.05, 0) is 48.9 Å². The van der Waals surface area contributed by atoms with E-state index >= 15 is 0 Å². The van der Waals surface area contributed by atoms with Gasteiger partial charge in [-0.1, -0.05) is 11.6 Å². The van der Waals surface area contributed by atoms with Crippen molar-refractivity contribution in [2.75, 3.05) is 13.1 Å². The number of amides is 1. The second-order valence-electron chi connectivity index (χ2n) is 7.85. The number of nitrogens with zero attached hydrogens (tertiary/aromatic N) is 4. The Morgan fingerprint density at radius 1 is 1.19 bits per heavy atom. The van der Waals surface area contributed by atoms with E-state index in [4.69, 9.17) is 21.4 Å². The van der Waals surface area contributed by atoms with Gasteiger partial charge in [-0.2, -0.15) is 9.78 Å². The topological polar surface area (TPSA) is 97.5 Å². The van der Waals surface area contributed by atoms with E-state index in [2.05, 4.69) is 10.1 Å². The van der Waals surface area contributed by atoms with Gasteiger partial charge in [-0.15, -0.1) is 11.3 Å². The number of ether oxygens (including phenoxy) is 1. The minimum absolute atomic E-state index is 0.0842. The minimum Gasteiger partial charge on any atom is -0.490 e. The van der Waals surface area contributed by atoms with E-state index in [1.165, 1.54) is 23.6 Å². The lowest BCUT2D eigenvalue weighted by Gasteiger charge is -2.20. The van der Waals surface area contributed by atoms with Crippen molar-refractivity contribution in [3.8, 4) is 16.3 Å². The molecule has 1 aromatic carbocycles. The molecule has 0 unspecified atom stereocenters. The fraction of sp³-hybridized carbons (Fsp3) is 0.333. The summed E-state index contributed by atoms with van der Waals surface area (Å²) >= 11 is 7.86. The molecular formula is C21H19ClN4O4S. The van der Waals surface area contributed by atoms with E-state index in [1.807, 2.05) is 23.6 Å². The Bertz CT molecular complexity index is 1120. The van der Waals surface area contributed by atoms with E-state index in [-0.39, 0.29) is 17.8 Å². The van der Waals surface area contributed by atoms with E-state index in [0.29, 0.717) is 29.9 Å². The van der Waals surface area contributed by atoms with Crippen LogP contribution in [0.2, 0.25) is 5.02 Å². The van der Waals surface area contributed by atoms with E-state index in [0.717, 1.165) is 33.8 Å². The number of carboxylic acids is 1. The number of hydrogen-bond donors (Lipinski definition) is 1. The fourth-order valence-electron chi connectivity index (χ4n) is 4.48. The largest absolute Gasteiger partial charge is 0.490 e. The molecule has 1 amide bonds. The third kappa shape index (κ3) is 3.90. The number of aromatic nitrogens is 3. The monoisotopic (exact) mass is 458 g/mol. The predicted octanol–water partition coefficient (Wildman–Crippen LogP) is 4.12. The lowest BCUT2D eigenvalue weighted by atomic mass is 10.0. The highest BCUT2D eigenvalue weighted by Gasteiger charge is 2.43. The molecule has 160 valence electrons. The van der Waals surface area contributed by atoms with Crippen molar-refractivity contribution in [2.24, 2.45) is 11.8 Å². The first-order valence-electron chi connectivity index (χ1n) is 9.92. The molecule has 31 heavy (non-hydrogen) atoms. The zero-order valence-electron chi connectivity index (χ0n) is 16.3. The number of thiazole rings is 1. The zero-order chi connectivity index (χ0) is 21.5. The maximum Gasteiger partial charge on any atom is 0.356 e. The van der Waals surface area contributed by atoms with Crippen molar-refractivity contribution < 1.29 is 19.4 Å². The van der Waals surface area contributed by atoms with Crippen LogP contribution in [0.3, 0.4) is 0 Å². The van der Waals surface area contributed by atoms with Crippen LogP contribution in [-0.4, -0.2) is 56.0 Å². The first kappa shape index (κ1) is 20.0. The number of carbonyl (C=O) groups excluding carboxylic acids is 1. The van der Waals surface area contributed by atoms with Crippen molar-refractivity contribution in [2.45, 2.75) is 18.9 Å². The van der Waals surface area contributed by atoms with Gasteiger partial charge in [0, 0.05) is 36.4 Å². The molecule has 2 aliphatic rings. The molecule has 2 aromatic heterocycles. The highest BCUT2D eigenvalue weighted by atomic mass is 35.5. The molecule has 1 saturated heterocycles. The number of aromatic carboxylic acids is 1. The minimum atomic E-state index is -1.15. The number of carboxylic acid groups (broad SMARTS) is 1. The lowest BCUT2D eigenvalue weighted by molar-refractivity contribution is 0.0690. The Morgan fingerprint density at radius 2 is 1.97 bits per heavy atom. The summed E-state index contributed by atoms with van der Waals surface area (Å²) in [5.74, 6) is 0.332. The van der Waals surface area contributed by atoms with Gasteiger partial charge in [0.15, 0.2) is 5.69 Å². The molecule has 3 aromatic rings. The molecule has 1 aliphatic carbocycles. The van der Waals surface area contributed by atoms with Crippen molar-refractivity contribution in [1.82, 2.24) is 19.7 Å². The van der Waals surface area contributed by atoms with Gasteiger partial charge >= 0.3 is 12.0 Å². The molecule has 8 nitrogen and oxygen atoms in total. The third-order valence-electron chi connectivity index (χ3n) is 5.89. The average molecular weight is 459 g/mol. The van der Waals surface area contributed by atoms with Gasteiger partial charge < -0.3 is 14.7 Å².